The number of aryl methyl sites for hydroxylation is 1. The first-order valence-corrected chi connectivity index (χ1v) is 6.56. The summed E-state index contributed by atoms with van der Waals surface area (Å²) in [6.07, 6.45) is 0. The number of hydrogen-bond acceptors (Lipinski definition) is 5. The molecule has 1 heterocycles. The molecular formula is C15H17N3O3. The number of ether oxygens (including phenoxy) is 1. The summed E-state index contributed by atoms with van der Waals surface area (Å²) in [5.74, 6) is -0.314. The van der Waals surface area contributed by atoms with Crippen molar-refractivity contribution in [1.82, 2.24) is 9.97 Å². The van der Waals surface area contributed by atoms with Crippen LogP contribution in [-0.2, 0) is 11.4 Å². The van der Waals surface area contributed by atoms with Crippen molar-refractivity contribution >= 4 is 11.9 Å². The molecule has 2 N–H and O–H groups in total. The Bertz CT molecular complexity index is 617. The van der Waals surface area contributed by atoms with Crippen molar-refractivity contribution in [3.8, 4) is 5.88 Å². The number of aliphatic carboxylic acids is 1. The summed E-state index contributed by atoms with van der Waals surface area (Å²) in [6.45, 7) is 3.72. The third-order valence-electron chi connectivity index (χ3n) is 2.78. The molecule has 2 rings (SSSR count). The van der Waals surface area contributed by atoms with Gasteiger partial charge in [0.1, 0.15) is 12.6 Å². The summed E-state index contributed by atoms with van der Waals surface area (Å²) in [5.41, 5.74) is 1.73. The van der Waals surface area contributed by atoms with Crippen LogP contribution < -0.4 is 10.1 Å². The molecule has 0 radical (unpaired) electrons. The van der Waals surface area contributed by atoms with Crippen LogP contribution in [0.4, 0.5) is 5.95 Å². The van der Waals surface area contributed by atoms with Gasteiger partial charge in [-0.25, -0.2) is 4.98 Å². The maximum absolute atomic E-state index is 10.8. The summed E-state index contributed by atoms with van der Waals surface area (Å²) < 4.78 is 5.62. The average Bonchev–Trinajstić information content (AvgIpc) is 2.45. The average molecular weight is 287 g/mol. The highest BCUT2D eigenvalue weighted by molar-refractivity contribution is 5.75. The Kier molecular flexibility index (Phi) is 4.71. The van der Waals surface area contributed by atoms with Gasteiger partial charge in [-0.1, -0.05) is 30.3 Å². The van der Waals surface area contributed by atoms with E-state index in [0.29, 0.717) is 18.2 Å². The number of nitrogens with one attached hydrogen (secondary N) is 1. The number of anilines is 1. The van der Waals surface area contributed by atoms with Gasteiger partial charge in [-0.05, 0) is 19.4 Å². The van der Waals surface area contributed by atoms with E-state index in [0.717, 1.165) is 5.56 Å². The third kappa shape index (κ3) is 4.45. The second kappa shape index (κ2) is 6.69. The lowest BCUT2D eigenvalue weighted by Gasteiger charge is -2.11. The van der Waals surface area contributed by atoms with Crippen LogP contribution in [0.5, 0.6) is 5.88 Å². The molecule has 110 valence electrons. The predicted molar refractivity (Wildman–Crippen MR) is 78.3 cm³/mol. The van der Waals surface area contributed by atoms with Gasteiger partial charge in [-0.3, -0.25) is 4.79 Å². The first-order valence-electron chi connectivity index (χ1n) is 6.56. The summed E-state index contributed by atoms with van der Waals surface area (Å²) in [6, 6.07) is 10.7. The fourth-order valence-electron chi connectivity index (χ4n) is 1.67. The van der Waals surface area contributed by atoms with Crippen molar-refractivity contribution in [2.45, 2.75) is 26.5 Å². The molecule has 0 fully saturated rings. The Morgan fingerprint density at radius 1 is 1.33 bits per heavy atom. The van der Waals surface area contributed by atoms with E-state index >= 15 is 0 Å². The SMILES string of the molecule is Cc1cc(OCc2ccccc2)nc(N[C@@H](C)C(=O)O)n1. The topological polar surface area (TPSA) is 84.3 Å². The zero-order valence-corrected chi connectivity index (χ0v) is 11.9. The minimum Gasteiger partial charge on any atom is -0.480 e. The first-order chi connectivity index (χ1) is 10.0. The molecule has 0 saturated carbocycles. The van der Waals surface area contributed by atoms with E-state index in [-0.39, 0.29) is 5.95 Å². The van der Waals surface area contributed by atoms with Crippen molar-refractivity contribution in [2.75, 3.05) is 5.32 Å². The van der Waals surface area contributed by atoms with E-state index in [9.17, 15) is 4.79 Å². The Morgan fingerprint density at radius 2 is 2.05 bits per heavy atom. The second-order valence-corrected chi connectivity index (χ2v) is 4.65. The van der Waals surface area contributed by atoms with E-state index in [2.05, 4.69) is 15.3 Å². The molecule has 0 bridgehead atoms. The van der Waals surface area contributed by atoms with Gasteiger partial charge < -0.3 is 15.2 Å². The Labute approximate surface area is 122 Å². The van der Waals surface area contributed by atoms with Crippen molar-refractivity contribution in [2.24, 2.45) is 0 Å². The quantitative estimate of drug-likeness (QED) is 0.847. The number of carboxylic acid groups (broad SMARTS) is 1. The maximum atomic E-state index is 10.8. The monoisotopic (exact) mass is 287 g/mol. The lowest BCUT2D eigenvalue weighted by atomic mass is 10.2. The third-order valence-corrected chi connectivity index (χ3v) is 2.78. The van der Waals surface area contributed by atoms with Gasteiger partial charge in [0.05, 0.1) is 0 Å². The van der Waals surface area contributed by atoms with Crippen LogP contribution in [0.15, 0.2) is 36.4 Å². The molecule has 1 aromatic heterocycles. The predicted octanol–water partition coefficient (Wildman–Crippen LogP) is 2.25. The van der Waals surface area contributed by atoms with Gasteiger partial charge in [0.2, 0.25) is 11.8 Å². The van der Waals surface area contributed by atoms with E-state index in [1.807, 2.05) is 30.3 Å². The highest BCUT2D eigenvalue weighted by Gasteiger charge is 2.12. The molecule has 0 unspecified atom stereocenters. The van der Waals surface area contributed by atoms with Crippen molar-refractivity contribution in [3.05, 3.63) is 47.7 Å². The maximum Gasteiger partial charge on any atom is 0.325 e. The highest BCUT2D eigenvalue weighted by Crippen LogP contribution is 2.14. The Morgan fingerprint density at radius 3 is 2.71 bits per heavy atom. The number of aromatic nitrogens is 2. The van der Waals surface area contributed by atoms with Crippen LogP contribution in [0.25, 0.3) is 0 Å². The molecule has 1 aromatic carbocycles. The fraction of sp³-hybridized carbons (Fsp3) is 0.267. The number of rotatable bonds is 6. The van der Waals surface area contributed by atoms with Gasteiger partial charge in [-0.2, -0.15) is 4.98 Å². The number of benzene rings is 1. The zero-order chi connectivity index (χ0) is 15.2. The van der Waals surface area contributed by atoms with Crippen molar-refractivity contribution in [3.63, 3.8) is 0 Å². The summed E-state index contributed by atoms with van der Waals surface area (Å²) in [4.78, 5) is 19.1. The van der Waals surface area contributed by atoms with Gasteiger partial charge in [-0.15, -0.1) is 0 Å². The number of hydrogen-bond donors (Lipinski definition) is 2. The zero-order valence-electron chi connectivity index (χ0n) is 11.9. The smallest absolute Gasteiger partial charge is 0.325 e. The molecule has 0 aliphatic carbocycles. The summed E-state index contributed by atoms with van der Waals surface area (Å²) in [5, 5.41) is 11.6. The lowest BCUT2D eigenvalue weighted by Crippen LogP contribution is -2.26. The lowest BCUT2D eigenvalue weighted by molar-refractivity contribution is -0.137. The molecule has 21 heavy (non-hydrogen) atoms. The molecule has 1 atom stereocenters. The van der Waals surface area contributed by atoms with Crippen LogP contribution in [-0.4, -0.2) is 27.1 Å². The second-order valence-electron chi connectivity index (χ2n) is 4.65. The van der Waals surface area contributed by atoms with Gasteiger partial charge >= 0.3 is 5.97 Å². The van der Waals surface area contributed by atoms with E-state index in [4.69, 9.17) is 9.84 Å². The van der Waals surface area contributed by atoms with Gasteiger partial charge in [0, 0.05) is 11.8 Å². The van der Waals surface area contributed by atoms with Crippen LogP contribution in [0.2, 0.25) is 0 Å². The fourth-order valence-corrected chi connectivity index (χ4v) is 1.67. The van der Waals surface area contributed by atoms with E-state index < -0.39 is 12.0 Å². The Hall–Kier alpha value is -2.63. The van der Waals surface area contributed by atoms with Gasteiger partial charge in [0.25, 0.3) is 0 Å². The van der Waals surface area contributed by atoms with Gasteiger partial charge in [0.15, 0.2) is 0 Å². The highest BCUT2D eigenvalue weighted by atomic mass is 16.5. The summed E-state index contributed by atoms with van der Waals surface area (Å²) >= 11 is 0. The minimum atomic E-state index is -0.966. The number of nitrogens with zero attached hydrogens (tertiary/aromatic N) is 2. The standard InChI is InChI=1S/C15H17N3O3/c1-10-8-13(21-9-12-6-4-3-5-7-12)18-15(16-10)17-11(2)14(19)20/h3-8,11H,9H2,1-2H3,(H,19,20)(H,16,17,18)/t11-/m0/s1. The molecule has 0 aliphatic heterocycles. The van der Waals surface area contributed by atoms with E-state index in [1.54, 1.807) is 13.0 Å². The number of carboxylic acids is 1. The van der Waals surface area contributed by atoms with Crippen LogP contribution in [0.1, 0.15) is 18.2 Å². The number of carbonyl (C=O) groups is 1. The van der Waals surface area contributed by atoms with Crippen molar-refractivity contribution < 1.29 is 14.6 Å². The molecule has 0 amide bonds. The normalized spacial score (nSPS) is 11.7. The van der Waals surface area contributed by atoms with Crippen LogP contribution in [0, 0.1) is 6.92 Å². The van der Waals surface area contributed by atoms with Crippen LogP contribution >= 0.6 is 0 Å². The van der Waals surface area contributed by atoms with Crippen molar-refractivity contribution in [1.29, 1.82) is 0 Å². The largest absolute Gasteiger partial charge is 0.480 e. The summed E-state index contributed by atoms with van der Waals surface area (Å²) in [7, 11) is 0. The molecule has 6 nitrogen and oxygen atoms in total. The van der Waals surface area contributed by atoms with Crippen LogP contribution in [0.3, 0.4) is 0 Å². The molecule has 2 aromatic rings. The van der Waals surface area contributed by atoms with E-state index in [1.165, 1.54) is 6.92 Å². The first kappa shape index (κ1) is 14.8. The minimum absolute atomic E-state index is 0.243. The molecule has 0 saturated heterocycles. The molecule has 0 aliphatic rings. The molecule has 6 heteroatoms. The Balaban J connectivity index is 2.06. The molecule has 0 spiro atoms. The molecular weight excluding hydrogens is 270 g/mol.